The lowest BCUT2D eigenvalue weighted by molar-refractivity contribution is 0.168. The van der Waals surface area contributed by atoms with E-state index in [0.717, 1.165) is 5.92 Å². The fourth-order valence-electron chi connectivity index (χ4n) is 2.16. The summed E-state index contributed by atoms with van der Waals surface area (Å²) in [5, 5.41) is 3.55. The summed E-state index contributed by atoms with van der Waals surface area (Å²) < 4.78 is 0. The van der Waals surface area contributed by atoms with E-state index in [1.54, 1.807) is 0 Å². The highest BCUT2D eigenvalue weighted by atomic mass is 15.2. The van der Waals surface area contributed by atoms with Crippen LogP contribution in [0.2, 0.25) is 0 Å². The first-order valence-electron chi connectivity index (χ1n) is 6.68. The monoisotopic (exact) mass is 227 g/mol. The number of hydrogen-bond acceptors (Lipinski definition) is 3. The quantitative estimate of drug-likeness (QED) is 0.737. The Kier molecular flexibility index (Phi) is 6.32. The Balaban J connectivity index is 2.09. The molecule has 0 aromatic heterocycles. The van der Waals surface area contributed by atoms with Crippen LogP contribution in [0.25, 0.3) is 0 Å². The first-order chi connectivity index (χ1) is 7.58. The Bertz CT molecular complexity index is 152. The van der Waals surface area contributed by atoms with Crippen molar-refractivity contribution in [2.75, 3.05) is 46.8 Å². The van der Waals surface area contributed by atoms with Gasteiger partial charge in [0, 0.05) is 19.1 Å². The number of piperidine rings is 1. The van der Waals surface area contributed by atoms with Crippen molar-refractivity contribution in [3.05, 3.63) is 0 Å². The van der Waals surface area contributed by atoms with Gasteiger partial charge in [-0.3, -0.25) is 0 Å². The van der Waals surface area contributed by atoms with Crippen LogP contribution in [-0.2, 0) is 0 Å². The Labute approximate surface area is 101 Å². The van der Waals surface area contributed by atoms with Crippen LogP contribution in [0.1, 0.15) is 26.7 Å². The van der Waals surface area contributed by atoms with Gasteiger partial charge in [0.2, 0.25) is 0 Å². The Morgan fingerprint density at radius 3 is 2.38 bits per heavy atom. The van der Waals surface area contributed by atoms with E-state index in [1.165, 1.54) is 45.6 Å². The Morgan fingerprint density at radius 1 is 1.25 bits per heavy atom. The zero-order chi connectivity index (χ0) is 12.0. The first-order valence-corrected chi connectivity index (χ1v) is 6.68. The predicted molar refractivity (Wildman–Crippen MR) is 70.9 cm³/mol. The minimum atomic E-state index is 0.631. The maximum Gasteiger partial charge on any atom is 0.0109 e. The summed E-state index contributed by atoms with van der Waals surface area (Å²) in [4.78, 5) is 4.87. The van der Waals surface area contributed by atoms with Crippen LogP contribution in [0.4, 0.5) is 0 Å². The van der Waals surface area contributed by atoms with Gasteiger partial charge in [0.1, 0.15) is 0 Å². The lowest BCUT2D eigenvalue weighted by atomic mass is 9.96. The largest absolute Gasteiger partial charge is 0.314 e. The molecule has 1 aliphatic rings. The lowest BCUT2D eigenvalue weighted by Crippen LogP contribution is -2.41. The Hall–Kier alpha value is -0.120. The predicted octanol–water partition coefficient (Wildman–Crippen LogP) is 1.26. The van der Waals surface area contributed by atoms with Gasteiger partial charge in [0.15, 0.2) is 0 Å². The Morgan fingerprint density at radius 2 is 1.88 bits per heavy atom. The van der Waals surface area contributed by atoms with Crippen molar-refractivity contribution in [2.45, 2.75) is 32.7 Å². The van der Waals surface area contributed by atoms with E-state index in [2.05, 4.69) is 43.1 Å². The molecule has 0 atom stereocenters. The maximum absolute atomic E-state index is 3.55. The third-order valence-electron chi connectivity index (χ3n) is 3.39. The summed E-state index contributed by atoms with van der Waals surface area (Å²) in [5.74, 6) is 0.901. The van der Waals surface area contributed by atoms with E-state index in [9.17, 15) is 0 Å². The molecule has 0 aliphatic carbocycles. The third-order valence-corrected chi connectivity index (χ3v) is 3.39. The van der Waals surface area contributed by atoms with Crippen LogP contribution in [0.15, 0.2) is 0 Å². The molecule has 96 valence electrons. The number of likely N-dealkylation sites (tertiary alicyclic amines) is 1. The number of likely N-dealkylation sites (N-methyl/N-ethyl adjacent to an activating group) is 1. The molecule has 0 aromatic rings. The fraction of sp³-hybridized carbons (Fsp3) is 1.00. The SMILES string of the molecule is CC(C)NCC1CCN(CCN(C)C)CC1. The zero-order valence-electron chi connectivity index (χ0n) is 11.5. The molecule has 0 radical (unpaired) electrons. The molecule has 0 unspecified atom stereocenters. The number of nitrogens with one attached hydrogen (secondary N) is 1. The molecule has 1 heterocycles. The van der Waals surface area contributed by atoms with Gasteiger partial charge in [-0.25, -0.2) is 0 Å². The molecule has 0 spiro atoms. The number of rotatable bonds is 6. The van der Waals surface area contributed by atoms with E-state index in [0.29, 0.717) is 6.04 Å². The maximum atomic E-state index is 3.55. The summed E-state index contributed by atoms with van der Waals surface area (Å²) in [6.07, 6.45) is 2.74. The van der Waals surface area contributed by atoms with Crippen LogP contribution in [0.3, 0.4) is 0 Å². The van der Waals surface area contributed by atoms with Gasteiger partial charge in [-0.1, -0.05) is 13.8 Å². The van der Waals surface area contributed by atoms with Crippen LogP contribution in [0.5, 0.6) is 0 Å². The highest BCUT2D eigenvalue weighted by molar-refractivity contribution is 4.74. The van der Waals surface area contributed by atoms with Crippen molar-refractivity contribution in [1.29, 1.82) is 0 Å². The average Bonchev–Trinajstić information content (AvgIpc) is 2.25. The minimum absolute atomic E-state index is 0.631. The van der Waals surface area contributed by atoms with Gasteiger partial charge in [-0.15, -0.1) is 0 Å². The van der Waals surface area contributed by atoms with Crippen LogP contribution in [-0.4, -0.2) is 62.7 Å². The smallest absolute Gasteiger partial charge is 0.0109 e. The molecule has 1 saturated heterocycles. The van der Waals surface area contributed by atoms with E-state index in [-0.39, 0.29) is 0 Å². The van der Waals surface area contributed by atoms with E-state index < -0.39 is 0 Å². The van der Waals surface area contributed by atoms with Gasteiger partial charge >= 0.3 is 0 Å². The molecule has 1 aliphatic heterocycles. The normalized spacial score (nSPS) is 19.9. The molecular weight excluding hydrogens is 198 g/mol. The highest BCUT2D eigenvalue weighted by Gasteiger charge is 2.18. The van der Waals surface area contributed by atoms with Crippen LogP contribution < -0.4 is 5.32 Å². The third kappa shape index (κ3) is 5.83. The second kappa shape index (κ2) is 7.25. The van der Waals surface area contributed by atoms with Gasteiger partial charge in [0.25, 0.3) is 0 Å². The molecule has 3 nitrogen and oxygen atoms in total. The molecule has 3 heteroatoms. The molecule has 0 aromatic carbocycles. The zero-order valence-corrected chi connectivity index (χ0v) is 11.5. The van der Waals surface area contributed by atoms with Crippen molar-refractivity contribution in [2.24, 2.45) is 5.92 Å². The van der Waals surface area contributed by atoms with Crippen molar-refractivity contribution in [3.8, 4) is 0 Å². The second-order valence-corrected chi connectivity index (χ2v) is 5.65. The van der Waals surface area contributed by atoms with Crippen molar-refractivity contribution >= 4 is 0 Å². The van der Waals surface area contributed by atoms with E-state index in [4.69, 9.17) is 0 Å². The van der Waals surface area contributed by atoms with Crippen LogP contribution >= 0.6 is 0 Å². The molecular formula is C13H29N3. The van der Waals surface area contributed by atoms with Gasteiger partial charge in [-0.05, 0) is 52.5 Å². The summed E-state index contributed by atoms with van der Waals surface area (Å²) in [7, 11) is 4.30. The van der Waals surface area contributed by atoms with Gasteiger partial charge in [-0.2, -0.15) is 0 Å². The van der Waals surface area contributed by atoms with Crippen molar-refractivity contribution in [1.82, 2.24) is 15.1 Å². The van der Waals surface area contributed by atoms with Gasteiger partial charge < -0.3 is 15.1 Å². The molecule has 0 amide bonds. The van der Waals surface area contributed by atoms with Gasteiger partial charge in [0.05, 0.1) is 0 Å². The van der Waals surface area contributed by atoms with Crippen molar-refractivity contribution in [3.63, 3.8) is 0 Å². The summed E-state index contributed by atoms with van der Waals surface area (Å²) in [6, 6.07) is 0.631. The molecule has 0 saturated carbocycles. The molecule has 1 N–H and O–H groups in total. The minimum Gasteiger partial charge on any atom is -0.314 e. The summed E-state index contributed by atoms with van der Waals surface area (Å²) in [6.45, 7) is 10.7. The summed E-state index contributed by atoms with van der Waals surface area (Å²) in [5.41, 5.74) is 0. The molecule has 1 rings (SSSR count). The van der Waals surface area contributed by atoms with E-state index in [1.807, 2.05) is 0 Å². The van der Waals surface area contributed by atoms with E-state index >= 15 is 0 Å². The fourth-order valence-corrected chi connectivity index (χ4v) is 2.16. The average molecular weight is 227 g/mol. The highest BCUT2D eigenvalue weighted by Crippen LogP contribution is 2.16. The lowest BCUT2D eigenvalue weighted by Gasteiger charge is -2.33. The molecule has 0 bridgehead atoms. The first kappa shape index (κ1) is 13.9. The second-order valence-electron chi connectivity index (χ2n) is 5.65. The van der Waals surface area contributed by atoms with Crippen molar-refractivity contribution < 1.29 is 0 Å². The standard InChI is InChI=1S/C13H29N3/c1-12(2)14-11-13-5-7-16(8-6-13)10-9-15(3)4/h12-14H,5-11H2,1-4H3. The number of nitrogens with zero attached hydrogens (tertiary/aromatic N) is 2. The molecule has 1 fully saturated rings. The topological polar surface area (TPSA) is 18.5 Å². The number of hydrogen-bond donors (Lipinski definition) is 1. The van der Waals surface area contributed by atoms with Crippen LogP contribution in [0, 0.1) is 5.92 Å². The summed E-state index contributed by atoms with van der Waals surface area (Å²) >= 11 is 0. The molecule has 16 heavy (non-hydrogen) atoms.